The fraction of sp³-hybridized carbons (Fsp3) is 0.565. The fourth-order valence-corrected chi connectivity index (χ4v) is 6.50. The van der Waals surface area contributed by atoms with Gasteiger partial charge in [0.15, 0.2) is 12.8 Å². The summed E-state index contributed by atoms with van der Waals surface area (Å²) in [7, 11) is -4.33. The molecule has 6 heteroatoms. The molecule has 158 valence electrons. The zero-order chi connectivity index (χ0) is 21.3. The summed E-state index contributed by atoms with van der Waals surface area (Å²) in [6.45, 7) is 8.18. The maximum Gasteiger partial charge on any atom is 0.168 e. The summed E-state index contributed by atoms with van der Waals surface area (Å²) in [6, 6.07) is 10.6. The Hall–Kier alpha value is -1.79. The van der Waals surface area contributed by atoms with Crippen LogP contribution >= 0.6 is 0 Å². The van der Waals surface area contributed by atoms with E-state index in [1.54, 1.807) is 0 Å². The predicted molar refractivity (Wildman–Crippen MR) is 113 cm³/mol. The highest BCUT2D eigenvalue weighted by molar-refractivity contribution is 7.85. The Morgan fingerprint density at radius 2 is 1.90 bits per heavy atom. The van der Waals surface area contributed by atoms with Gasteiger partial charge in [0.2, 0.25) is 0 Å². The van der Waals surface area contributed by atoms with Gasteiger partial charge in [-0.2, -0.15) is 0 Å². The summed E-state index contributed by atoms with van der Waals surface area (Å²) in [5.41, 5.74) is 1.55. The van der Waals surface area contributed by atoms with Gasteiger partial charge in [0.05, 0.1) is 15.9 Å². The molecule has 2 atom stereocenters. The lowest BCUT2D eigenvalue weighted by Gasteiger charge is -2.37. The molecule has 5 nitrogen and oxygen atoms in total. The molecule has 0 unspecified atom stereocenters. The van der Waals surface area contributed by atoms with Crippen LogP contribution in [0, 0.1) is 16.7 Å². The highest BCUT2D eigenvalue weighted by Gasteiger charge is 2.64. The number of nitrogens with zero attached hydrogens (tertiary/aromatic N) is 1. The van der Waals surface area contributed by atoms with E-state index in [0.717, 1.165) is 19.5 Å². The number of rotatable bonds is 4. The Balaban J connectivity index is 0.000000166. The number of allylic oxidation sites excluding steroid dienone is 1. The van der Waals surface area contributed by atoms with Gasteiger partial charge in [-0.25, -0.2) is 13.0 Å². The Bertz CT molecular complexity index is 931. The number of carbonyl (C=O) groups excluding carboxylic acids is 1. The lowest BCUT2D eigenvalue weighted by molar-refractivity contribution is -0.539. The molecular formula is C23H31NO4S. The third kappa shape index (κ3) is 4.69. The fourth-order valence-electron chi connectivity index (χ4n) is 5.22. The zero-order valence-corrected chi connectivity index (χ0v) is 18.4. The molecule has 1 aliphatic heterocycles. The first-order valence-electron chi connectivity index (χ1n) is 10.3. The largest absolute Gasteiger partial charge is 0.748 e. The van der Waals surface area contributed by atoms with E-state index < -0.39 is 21.3 Å². The highest BCUT2D eigenvalue weighted by atomic mass is 32.2. The minimum absolute atomic E-state index is 0.0248. The number of ketones is 1. The van der Waals surface area contributed by atoms with Crippen LogP contribution in [-0.4, -0.2) is 41.8 Å². The second kappa shape index (κ2) is 8.15. The van der Waals surface area contributed by atoms with E-state index in [1.807, 2.05) is 13.8 Å². The van der Waals surface area contributed by atoms with E-state index in [9.17, 15) is 17.8 Å². The van der Waals surface area contributed by atoms with E-state index >= 15 is 0 Å². The Morgan fingerprint density at radius 3 is 2.41 bits per heavy atom. The summed E-state index contributed by atoms with van der Waals surface area (Å²) < 4.78 is 35.1. The van der Waals surface area contributed by atoms with Gasteiger partial charge in [-0.05, 0) is 31.1 Å². The zero-order valence-electron chi connectivity index (χ0n) is 17.6. The third-order valence-corrected chi connectivity index (χ3v) is 7.91. The van der Waals surface area contributed by atoms with Gasteiger partial charge in [0.1, 0.15) is 12.3 Å². The Morgan fingerprint density at radius 1 is 1.21 bits per heavy atom. The van der Waals surface area contributed by atoms with Gasteiger partial charge < -0.3 is 4.55 Å². The molecule has 2 aliphatic carbocycles. The molecule has 2 fully saturated rings. The Labute approximate surface area is 174 Å². The summed E-state index contributed by atoms with van der Waals surface area (Å²) in [6.07, 6.45) is 7.59. The van der Waals surface area contributed by atoms with Crippen LogP contribution in [0.3, 0.4) is 0 Å². The van der Waals surface area contributed by atoms with E-state index in [-0.39, 0.29) is 17.1 Å². The molecule has 1 aromatic rings. The molecule has 4 rings (SSSR count). The molecule has 0 spiro atoms. The monoisotopic (exact) mass is 417 g/mol. The smallest absolute Gasteiger partial charge is 0.168 e. The van der Waals surface area contributed by atoms with Crippen LogP contribution in [0.4, 0.5) is 0 Å². The van der Waals surface area contributed by atoms with Crippen LogP contribution in [0.25, 0.3) is 0 Å². The van der Waals surface area contributed by atoms with Crippen LogP contribution in [0.2, 0.25) is 0 Å². The number of Topliss-reactive ketones (excluding diaryl/α,β-unsaturated/α-hetero) is 1. The molecule has 0 aromatic heterocycles. The molecule has 2 bridgehead atoms. The molecule has 0 radical (unpaired) electrons. The SMILES string of the molecule is CC1(C)[C@H]2CC[C@]1(CS(=O)(=O)[O-])C(=O)C2.CC1=CCC[N+](Cc2ccccc2)=C1. The number of carbonyl (C=O) groups is 1. The number of fused-ring (bicyclic) bond motifs is 2. The lowest BCUT2D eigenvalue weighted by Crippen LogP contribution is -2.42. The molecule has 1 aromatic carbocycles. The normalized spacial score (nSPS) is 27.7. The quantitative estimate of drug-likeness (QED) is 0.554. The maximum atomic E-state index is 11.8. The number of benzene rings is 1. The molecular weight excluding hydrogens is 386 g/mol. The van der Waals surface area contributed by atoms with Crippen molar-refractivity contribution in [2.45, 2.75) is 53.0 Å². The summed E-state index contributed by atoms with van der Waals surface area (Å²) in [5, 5.41) is 0. The molecule has 3 aliphatic rings. The van der Waals surface area contributed by atoms with E-state index in [0.29, 0.717) is 12.8 Å². The van der Waals surface area contributed by atoms with Crippen molar-refractivity contribution in [2.24, 2.45) is 16.7 Å². The lowest BCUT2D eigenvalue weighted by atomic mass is 9.70. The van der Waals surface area contributed by atoms with Gasteiger partial charge in [-0.1, -0.05) is 50.3 Å². The summed E-state index contributed by atoms with van der Waals surface area (Å²) in [4.78, 5) is 11.8. The van der Waals surface area contributed by atoms with Crippen molar-refractivity contribution in [3.63, 3.8) is 0 Å². The average Bonchev–Trinajstić information content (AvgIpc) is 2.96. The van der Waals surface area contributed by atoms with E-state index in [1.165, 1.54) is 17.6 Å². The molecule has 29 heavy (non-hydrogen) atoms. The van der Waals surface area contributed by atoms with Gasteiger partial charge in [0, 0.05) is 29.4 Å². The maximum absolute atomic E-state index is 11.8. The molecule has 0 N–H and O–H groups in total. The molecule has 2 saturated carbocycles. The van der Waals surface area contributed by atoms with Gasteiger partial charge >= 0.3 is 0 Å². The van der Waals surface area contributed by atoms with Crippen molar-refractivity contribution >= 4 is 22.1 Å². The van der Waals surface area contributed by atoms with Crippen molar-refractivity contribution in [1.29, 1.82) is 0 Å². The van der Waals surface area contributed by atoms with E-state index in [2.05, 4.69) is 54.1 Å². The van der Waals surface area contributed by atoms with Crippen molar-refractivity contribution in [3.05, 3.63) is 47.5 Å². The Kier molecular flexibility index (Phi) is 6.16. The van der Waals surface area contributed by atoms with Gasteiger partial charge in [-0.3, -0.25) is 4.79 Å². The molecule has 0 amide bonds. The van der Waals surface area contributed by atoms with E-state index in [4.69, 9.17) is 0 Å². The number of hydrogen-bond donors (Lipinski definition) is 0. The second-order valence-electron chi connectivity index (χ2n) is 9.19. The van der Waals surface area contributed by atoms with Gasteiger partial charge in [-0.15, -0.1) is 0 Å². The van der Waals surface area contributed by atoms with Crippen LogP contribution in [-0.2, 0) is 21.5 Å². The average molecular weight is 418 g/mol. The van der Waals surface area contributed by atoms with Crippen LogP contribution < -0.4 is 0 Å². The second-order valence-corrected chi connectivity index (χ2v) is 10.6. The highest BCUT2D eigenvalue weighted by Crippen LogP contribution is 2.64. The predicted octanol–water partition coefficient (Wildman–Crippen LogP) is 3.55. The summed E-state index contributed by atoms with van der Waals surface area (Å²) in [5.74, 6) is -0.280. The first kappa shape index (κ1) is 21.9. The third-order valence-electron chi connectivity index (χ3n) is 7.06. The number of hydrogen-bond acceptors (Lipinski definition) is 4. The first-order chi connectivity index (χ1) is 13.5. The minimum Gasteiger partial charge on any atom is -0.748 e. The first-order valence-corrected chi connectivity index (χ1v) is 11.9. The van der Waals surface area contributed by atoms with Crippen molar-refractivity contribution in [2.75, 3.05) is 12.3 Å². The van der Waals surface area contributed by atoms with Crippen LogP contribution in [0.1, 0.15) is 52.0 Å². The standard InChI is InChI=1S/C13H16N.C10H16O4S/c1-12-6-5-9-14(10-12)11-13-7-3-2-4-8-13;1-9(2)7-3-4-10(9,8(11)5-7)6-15(12,13)14/h2-4,6-8,10H,5,9,11H2,1H3;7H,3-6H2,1-2H3,(H,12,13,14)/q+1;/p-1/t;7-,10-/m.0/s1. The topological polar surface area (TPSA) is 77.3 Å². The van der Waals surface area contributed by atoms with Crippen LogP contribution in [0.15, 0.2) is 42.0 Å². The minimum atomic E-state index is -4.33. The van der Waals surface area contributed by atoms with Crippen molar-refractivity contribution in [1.82, 2.24) is 0 Å². The van der Waals surface area contributed by atoms with Gasteiger partial charge in [0.25, 0.3) is 0 Å². The molecule has 1 heterocycles. The molecule has 0 saturated heterocycles. The van der Waals surface area contributed by atoms with Crippen molar-refractivity contribution in [3.8, 4) is 0 Å². The summed E-state index contributed by atoms with van der Waals surface area (Å²) >= 11 is 0. The van der Waals surface area contributed by atoms with Crippen molar-refractivity contribution < 1.29 is 22.3 Å². The van der Waals surface area contributed by atoms with Crippen LogP contribution in [0.5, 0.6) is 0 Å².